The molecule has 2 aliphatic rings. The summed E-state index contributed by atoms with van der Waals surface area (Å²) >= 11 is 11.0. The maximum atomic E-state index is 4.00. The van der Waals surface area contributed by atoms with Crippen LogP contribution in [0.4, 0.5) is 0 Å². The zero-order valence-corrected chi connectivity index (χ0v) is 13.8. The molecule has 86 valence electrons. The molecule has 0 radical (unpaired) electrons. The van der Waals surface area contributed by atoms with Crippen molar-refractivity contribution in [2.24, 2.45) is 0 Å². The van der Waals surface area contributed by atoms with Gasteiger partial charge in [0.25, 0.3) is 0 Å². The van der Waals surface area contributed by atoms with Crippen molar-refractivity contribution in [1.82, 2.24) is 0 Å². The molecule has 0 aliphatic carbocycles. The van der Waals surface area contributed by atoms with Crippen molar-refractivity contribution < 1.29 is 0 Å². The molecule has 0 aromatic heterocycles. The molecule has 1 saturated heterocycles. The molecule has 6 heteroatoms. The molecular formula is C10H10S6. The molecule has 0 aromatic rings. The molecule has 0 nitrogen and oxygen atoms in total. The first-order valence-corrected chi connectivity index (χ1v) is 10.0. The number of rotatable bonds is 2. The molecule has 2 aliphatic heterocycles. The smallest absolute Gasteiger partial charge is 0.0717 e. The third kappa shape index (κ3) is 2.72. The Labute approximate surface area is 122 Å². The lowest BCUT2D eigenvalue weighted by molar-refractivity contribution is 2.00. The maximum absolute atomic E-state index is 4.00. The van der Waals surface area contributed by atoms with Crippen molar-refractivity contribution in [2.45, 2.75) is 0 Å². The summed E-state index contributed by atoms with van der Waals surface area (Å²) < 4.78 is 5.58. The van der Waals surface area contributed by atoms with Gasteiger partial charge >= 0.3 is 0 Å². The highest BCUT2D eigenvalue weighted by Crippen LogP contribution is 2.63. The van der Waals surface area contributed by atoms with E-state index >= 15 is 0 Å². The van der Waals surface area contributed by atoms with E-state index in [4.69, 9.17) is 0 Å². The Bertz CT molecular complexity index is 381. The second kappa shape index (κ2) is 5.80. The lowest BCUT2D eigenvalue weighted by Crippen LogP contribution is -1.65. The Hall–Kier alpha value is 1.06. The summed E-state index contributed by atoms with van der Waals surface area (Å²) in [5, 5.41) is 0. The van der Waals surface area contributed by atoms with Gasteiger partial charge in [-0.2, -0.15) is 0 Å². The van der Waals surface area contributed by atoms with E-state index in [9.17, 15) is 0 Å². The van der Waals surface area contributed by atoms with E-state index in [0.717, 1.165) is 9.81 Å². The predicted molar refractivity (Wildman–Crippen MR) is 89.7 cm³/mol. The number of hydrogen-bond acceptors (Lipinski definition) is 6. The second-order valence-electron chi connectivity index (χ2n) is 2.81. The largest absolute Gasteiger partial charge is 0.121 e. The van der Waals surface area contributed by atoms with E-state index in [1.807, 2.05) is 47.0 Å². The van der Waals surface area contributed by atoms with E-state index in [2.05, 4.69) is 25.7 Å². The minimum absolute atomic E-state index is 1.09. The van der Waals surface area contributed by atoms with Gasteiger partial charge in [0.2, 0.25) is 0 Å². The van der Waals surface area contributed by atoms with Gasteiger partial charge in [-0.05, 0) is 12.5 Å². The van der Waals surface area contributed by atoms with Gasteiger partial charge in [-0.15, -0.1) is 23.5 Å². The van der Waals surface area contributed by atoms with E-state index < -0.39 is 0 Å². The minimum Gasteiger partial charge on any atom is -0.121 e. The van der Waals surface area contributed by atoms with Crippen molar-refractivity contribution in [3.05, 3.63) is 39.9 Å². The highest BCUT2D eigenvalue weighted by molar-refractivity contribution is 8.42. The molecule has 1 fully saturated rings. The molecule has 2 rings (SSSR count). The van der Waals surface area contributed by atoms with Crippen LogP contribution in [0.3, 0.4) is 0 Å². The first-order valence-electron chi connectivity index (χ1n) is 4.31. The average molecular weight is 323 g/mol. The van der Waals surface area contributed by atoms with Crippen LogP contribution in [0.15, 0.2) is 39.9 Å². The molecule has 0 atom stereocenters. The zero-order valence-electron chi connectivity index (χ0n) is 8.86. The van der Waals surface area contributed by atoms with Gasteiger partial charge in [0, 0.05) is 9.81 Å². The molecule has 16 heavy (non-hydrogen) atoms. The summed E-state index contributed by atoms with van der Waals surface area (Å²) in [5.41, 5.74) is 0. The van der Waals surface area contributed by atoms with Crippen molar-refractivity contribution in [2.75, 3.05) is 12.5 Å². The molecule has 0 saturated carbocycles. The third-order valence-corrected chi connectivity index (χ3v) is 9.95. The zero-order chi connectivity index (χ0) is 11.7. The molecule has 2 heterocycles. The molecule has 0 bridgehead atoms. The number of hydrogen-bond donors (Lipinski definition) is 0. The fraction of sp³-hybridized carbons (Fsp3) is 0.200. The molecular weight excluding hydrogens is 313 g/mol. The second-order valence-corrected chi connectivity index (χ2v) is 9.73. The van der Waals surface area contributed by atoms with E-state index in [-0.39, 0.29) is 0 Å². The molecule has 0 unspecified atom stereocenters. The van der Waals surface area contributed by atoms with Crippen LogP contribution in [0.5, 0.6) is 0 Å². The van der Waals surface area contributed by atoms with Crippen LogP contribution in [-0.2, 0) is 0 Å². The molecule has 0 spiro atoms. The minimum atomic E-state index is 1.09. The summed E-state index contributed by atoms with van der Waals surface area (Å²) in [5.74, 6) is 0. The summed E-state index contributed by atoms with van der Waals surface area (Å²) in [7, 11) is 0. The molecule has 0 amide bonds. The fourth-order valence-electron chi connectivity index (χ4n) is 1.05. The number of thioether (sulfide) groups is 6. The van der Waals surface area contributed by atoms with Crippen LogP contribution in [0, 0.1) is 0 Å². The van der Waals surface area contributed by atoms with Crippen LogP contribution in [0.2, 0.25) is 0 Å². The normalized spacial score (nSPS) is 21.6. The first-order chi connectivity index (χ1) is 7.65. The lowest BCUT2D eigenvalue weighted by Gasteiger charge is -1.99. The standard InChI is InChI=1S/C10H10S6/c1-5-6(2)14-9(13-5)10-15-7(11-3)8(12-4)16-10/h1-2H2,3-4H3. The van der Waals surface area contributed by atoms with E-state index in [0.29, 0.717) is 0 Å². The Morgan fingerprint density at radius 2 is 1.12 bits per heavy atom. The van der Waals surface area contributed by atoms with Crippen LogP contribution < -0.4 is 0 Å². The van der Waals surface area contributed by atoms with E-state index in [1.54, 1.807) is 23.5 Å². The summed E-state index contributed by atoms with van der Waals surface area (Å²) in [6.45, 7) is 8.00. The van der Waals surface area contributed by atoms with Crippen LogP contribution in [-0.4, -0.2) is 12.5 Å². The first kappa shape index (κ1) is 13.5. The van der Waals surface area contributed by atoms with Crippen LogP contribution in [0.1, 0.15) is 0 Å². The molecule has 0 N–H and O–H groups in total. The highest BCUT2D eigenvalue weighted by atomic mass is 32.3. The Morgan fingerprint density at radius 1 is 0.750 bits per heavy atom. The Morgan fingerprint density at radius 3 is 1.50 bits per heavy atom. The van der Waals surface area contributed by atoms with Crippen molar-refractivity contribution in [3.8, 4) is 0 Å². The summed E-state index contributed by atoms with van der Waals surface area (Å²) in [4.78, 5) is 2.19. The van der Waals surface area contributed by atoms with Gasteiger partial charge in [0.05, 0.1) is 16.9 Å². The van der Waals surface area contributed by atoms with Crippen molar-refractivity contribution in [1.29, 1.82) is 0 Å². The lowest BCUT2D eigenvalue weighted by atomic mass is 10.6. The molecule has 0 aromatic carbocycles. The quantitative estimate of drug-likeness (QED) is 0.611. The van der Waals surface area contributed by atoms with Gasteiger partial charge in [-0.1, -0.05) is 60.2 Å². The van der Waals surface area contributed by atoms with Gasteiger partial charge < -0.3 is 0 Å². The van der Waals surface area contributed by atoms with Gasteiger partial charge in [0.15, 0.2) is 0 Å². The Kier molecular flexibility index (Phi) is 4.89. The monoisotopic (exact) mass is 322 g/mol. The van der Waals surface area contributed by atoms with Gasteiger partial charge in [0.1, 0.15) is 0 Å². The van der Waals surface area contributed by atoms with Crippen LogP contribution >= 0.6 is 70.6 Å². The van der Waals surface area contributed by atoms with Gasteiger partial charge in [-0.3, -0.25) is 0 Å². The average Bonchev–Trinajstić information content (AvgIpc) is 2.83. The topological polar surface area (TPSA) is 0 Å². The van der Waals surface area contributed by atoms with Crippen LogP contribution in [0.25, 0.3) is 0 Å². The fourth-order valence-corrected chi connectivity index (χ4v) is 8.56. The maximum Gasteiger partial charge on any atom is 0.0717 e. The highest BCUT2D eigenvalue weighted by Gasteiger charge is 2.27. The summed E-state index contributed by atoms with van der Waals surface area (Å²) in [6.07, 6.45) is 4.28. The van der Waals surface area contributed by atoms with E-state index in [1.165, 1.54) is 16.9 Å². The van der Waals surface area contributed by atoms with Crippen molar-refractivity contribution in [3.63, 3.8) is 0 Å². The van der Waals surface area contributed by atoms with Crippen molar-refractivity contribution >= 4 is 70.6 Å². The predicted octanol–water partition coefficient (Wildman–Crippen LogP) is 5.95. The summed E-state index contributed by atoms with van der Waals surface area (Å²) in [6, 6.07) is 0. The SMILES string of the molecule is C=C1SC(=C2SC(SC)=C(SC)S2)SC1=C. The van der Waals surface area contributed by atoms with Gasteiger partial charge in [-0.25, -0.2) is 0 Å². The Balaban J connectivity index is 2.19. The third-order valence-electron chi connectivity index (χ3n) is 1.82.